The lowest BCUT2D eigenvalue weighted by Crippen LogP contribution is -2.40. The van der Waals surface area contributed by atoms with Crippen molar-refractivity contribution in [2.24, 2.45) is 5.92 Å². The SMILES string of the molecule is Cc1ccc(F)cc1C(=O)NC1CCCC1C(=O)O. The number of amides is 1. The summed E-state index contributed by atoms with van der Waals surface area (Å²) in [6, 6.07) is 3.64. The molecule has 0 aliphatic heterocycles. The van der Waals surface area contributed by atoms with E-state index >= 15 is 0 Å². The van der Waals surface area contributed by atoms with Crippen LogP contribution in [0.3, 0.4) is 0 Å². The summed E-state index contributed by atoms with van der Waals surface area (Å²) in [5.41, 5.74) is 0.930. The Hall–Kier alpha value is -1.91. The maximum Gasteiger partial charge on any atom is 0.308 e. The lowest BCUT2D eigenvalue weighted by atomic mass is 10.0. The second-order valence-corrected chi connectivity index (χ2v) is 4.91. The highest BCUT2D eigenvalue weighted by Gasteiger charge is 2.34. The molecule has 1 aliphatic rings. The molecular weight excluding hydrogens is 249 g/mol. The molecule has 2 unspecified atom stereocenters. The average molecular weight is 265 g/mol. The molecule has 1 saturated carbocycles. The number of halogens is 1. The number of benzene rings is 1. The van der Waals surface area contributed by atoms with Gasteiger partial charge in [0.15, 0.2) is 0 Å². The van der Waals surface area contributed by atoms with E-state index in [-0.39, 0.29) is 11.6 Å². The summed E-state index contributed by atoms with van der Waals surface area (Å²) >= 11 is 0. The van der Waals surface area contributed by atoms with E-state index in [9.17, 15) is 14.0 Å². The van der Waals surface area contributed by atoms with E-state index in [4.69, 9.17) is 5.11 Å². The molecule has 0 heterocycles. The molecule has 1 fully saturated rings. The van der Waals surface area contributed by atoms with Crippen molar-refractivity contribution in [2.45, 2.75) is 32.2 Å². The van der Waals surface area contributed by atoms with Crippen LogP contribution in [0.2, 0.25) is 0 Å². The molecule has 0 saturated heterocycles. The molecule has 0 spiro atoms. The predicted molar refractivity (Wildman–Crippen MR) is 67.4 cm³/mol. The molecule has 1 aromatic carbocycles. The molecule has 0 bridgehead atoms. The first kappa shape index (κ1) is 13.5. The van der Waals surface area contributed by atoms with Crippen LogP contribution in [0, 0.1) is 18.7 Å². The van der Waals surface area contributed by atoms with E-state index in [0.717, 1.165) is 6.42 Å². The number of aliphatic carboxylic acids is 1. The first-order valence-corrected chi connectivity index (χ1v) is 6.29. The zero-order valence-corrected chi connectivity index (χ0v) is 10.6. The number of carbonyl (C=O) groups excluding carboxylic acids is 1. The molecule has 2 N–H and O–H groups in total. The Balaban J connectivity index is 2.12. The smallest absolute Gasteiger partial charge is 0.308 e. The number of hydrogen-bond acceptors (Lipinski definition) is 2. The van der Waals surface area contributed by atoms with Crippen LogP contribution >= 0.6 is 0 Å². The minimum atomic E-state index is -0.890. The summed E-state index contributed by atoms with van der Waals surface area (Å²) in [6.45, 7) is 1.72. The van der Waals surface area contributed by atoms with E-state index < -0.39 is 23.6 Å². The Morgan fingerprint density at radius 3 is 2.79 bits per heavy atom. The van der Waals surface area contributed by atoms with Crippen LogP contribution in [0.5, 0.6) is 0 Å². The van der Waals surface area contributed by atoms with Gasteiger partial charge in [-0.3, -0.25) is 9.59 Å². The zero-order chi connectivity index (χ0) is 14.0. The number of hydrogen-bond donors (Lipinski definition) is 2. The number of carbonyl (C=O) groups is 2. The van der Waals surface area contributed by atoms with Crippen LogP contribution in [-0.4, -0.2) is 23.0 Å². The van der Waals surface area contributed by atoms with Crippen LogP contribution < -0.4 is 5.32 Å². The summed E-state index contributed by atoms with van der Waals surface area (Å²) < 4.78 is 13.2. The second-order valence-electron chi connectivity index (χ2n) is 4.91. The van der Waals surface area contributed by atoms with Crippen molar-refractivity contribution in [3.63, 3.8) is 0 Å². The summed E-state index contributed by atoms with van der Waals surface area (Å²) in [7, 11) is 0. The lowest BCUT2D eigenvalue weighted by Gasteiger charge is -2.18. The maximum absolute atomic E-state index is 13.2. The summed E-state index contributed by atoms with van der Waals surface area (Å²) in [5, 5.41) is 11.8. The molecule has 1 aliphatic carbocycles. The minimum absolute atomic E-state index is 0.260. The van der Waals surface area contributed by atoms with Gasteiger partial charge in [-0.05, 0) is 37.5 Å². The van der Waals surface area contributed by atoms with Crippen LogP contribution in [-0.2, 0) is 4.79 Å². The van der Waals surface area contributed by atoms with Crippen LogP contribution in [0.4, 0.5) is 4.39 Å². The molecule has 102 valence electrons. The van der Waals surface area contributed by atoms with Crippen molar-refractivity contribution in [3.05, 3.63) is 35.1 Å². The quantitative estimate of drug-likeness (QED) is 0.879. The van der Waals surface area contributed by atoms with Gasteiger partial charge in [-0.1, -0.05) is 12.5 Å². The number of nitrogens with one attached hydrogen (secondary N) is 1. The Kier molecular flexibility index (Phi) is 3.83. The zero-order valence-electron chi connectivity index (χ0n) is 10.6. The van der Waals surface area contributed by atoms with Crippen molar-refractivity contribution in [3.8, 4) is 0 Å². The van der Waals surface area contributed by atoms with Crippen molar-refractivity contribution < 1.29 is 19.1 Å². The van der Waals surface area contributed by atoms with E-state index in [2.05, 4.69) is 5.32 Å². The topological polar surface area (TPSA) is 66.4 Å². The fourth-order valence-corrected chi connectivity index (χ4v) is 2.51. The highest BCUT2D eigenvalue weighted by atomic mass is 19.1. The molecule has 2 atom stereocenters. The third kappa shape index (κ3) is 2.92. The average Bonchev–Trinajstić information content (AvgIpc) is 2.80. The number of aryl methyl sites for hydroxylation is 1. The van der Waals surface area contributed by atoms with Crippen LogP contribution in [0.15, 0.2) is 18.2 Å². The molecule has 0 radical (unpaired) electrons. The highest BCUT2D eigenvalue weighted by Crippen LogP contribution is 2.26. The monoisotopic (exact) mass is 265 g/mol. The first-order chi connectivity index (χ1) is 8.99. The van der Waals surface area contributed by atoms with Gasteiger partial charge in [0.1, 0.15) is 5.82 Å². The van der Waals surface area contributed by atoms with E-state index in [1.54, 1.807) is 6.92 Å². The van der Waals surface area contributed by atoms with Gasteiger partial charge in [-0.25, -0.2) is 4.39 Å². The lowest BCUT2D eigenvalue weighted by molar-refractivity contribution is -0.142. The fraction of sp³-hybridized carbons (Fsp3) is 0.429. The number of carboxylic acid groups (broad SMARTS) is 1. The van der Waals surface area contributed by atoms with Gasteiger partial charge >= 0.3 is 5.97 Å². The third-order valence-electron chi connectivity index (χ3n) is 3.59. The summed E-state index contributed by atoms with van der Waals surface area (Å²) in [5.74, 6) is -2.32. The molecule has 19 heavy (non-hydrogen) atoms. The van der Waals surface area contributed by atoms with Gasteiger partial charge in [0.05, 0.1) is 5.92 Å². The molecule has 4 nitrogen and oxygen atoms in total. The van der Waals surface area contributed by atoms with Gasteiger partial charge in [0.2, 0.25) is 0 Å². The Morgan fingerprint density at radius 2 is 2.11 bits per heavy atom. The minimum Gasteiger partial charge on any atom is -0.481 e. The van der Waals surface area contributed by atoms with Gasteiger partial charge in [-0.2, -0.15) is 0 Å². The largest absolute Gasteiger partial charge is 0.481 e. The Labute approximate surface area is 110 Å². The highest BCUT2D eigenvalue weighted by molar-refractivity contribution is 5.96. The summed E-state index contributed by atoms with van der Waals surface area (Å²) in [6.07, 6.45) is 2.00. The van der Waals surface area contributed by atoms with Gasteiger partial charge in [0.25, 0.3) is 5.91 Å². The first-order valence-electron chi connectivity index (χ1n) is 6.29. The molecule has 0 aromatic heterocycles. The second kappa shape index (κ2) is 5.38. The Morgan fingerprint density at radius 1 is 1.37 bits per heavy atom. The Bertz CT molecular complexity index is 515. The standard InChI is InChI=1S/C14H16FNO3/c1-8-5-6-9(15)7-11(8)13(17)16-12-4-2-3-10(12)14(18)19/h5-7,10,12H,2-4H2,1H3,(H,16,17)(H,18,19). The normalized spacial score (nSPS) is 22.2. The fourth-order valence-electron chi connectivity index (χ4n) is 2.51. The van der Waals surface area contributed by atoms with Crippen LogP contribution in [0.1, 0.15) is 35.2 Å². The van der Waals surface area contributed by atoms with Crippen molar-refractivity contribution >= 4 is 11.9 Å². The van der Waals surface area contributed by atoms with Crippen molar-refractivity contribution in [2.75, 3.05) is 0 Å². The third-order valence-corrected chi connectivity index (χ3v) is 3.59. The predicted octanol–water partition coefficient (Wildman–Crippen LogP) is 2.12. The van der Waals surface area contributed by atoms with Crippen LogP contribution in [0.25, 0.3) is 0 Å². The van der Waals surface area contributed by atoms with Gasteiger partial charge in [0, 0.05) is 11.6 Å². The molecule has 2 rings (SSSR count). The molecular formula is C14H16FNO3. The molecule has 5 heteroatoms. The summed E-state index contributed by atoms with van der Waals surface area (Å²) in [4.78, 5) is 23.1. The van der Waals surface area contributed by atoms with E-state index in [0.29, 0.717) is 18.4 Å². The van der Waals surface area contributed by atoms with Gasteiger partial charge in [-0.15, -0.1) is 0 Å². The number of carboxylic acids is 1. The van der Waals surface area contributed by atoms with E-state index in [1.165, 1.54) is 18.2 Å². The number of rotatable bonds is 3. The van der Waals surface area contributed by atoms with Crippen molar-refractivity contribution in [1.29, 1.82) is 0 Å². The molecule has 1 amide bonds. The van der Waals surface area contributed by atoms with Crippen molar-refractivity contribution in [1.82, 2.24) is 5.32 Å². The maximum atomic E-state index is 13.2. The molecule has 1 aromatic rings. The van der Waals surface area contributed by atoms with E-state index in [1.807, 2.05) is 0 Å². The van der Waals surface area contributed by atoms with Gasteiger partial charge < -0.3 is 10.4 Å².